The van der Waals surface area contributed by atoms with Crippen LogP contribution in [0.3, 0.4) is 0 Å². The molecule has 2 amide bonds. The molecule has 0 unspecified atom stereocenters. The zero-order valence-electron chi connectivity index (χ0n) is 21.2. The van der Waals surface area contributed by atoms with Gasteiger partial charge in [-0.2, -0.15) is 0 Å². The Morgan fingerprint density at radius 3 is 1.89 bits per heavy atom. The summed E-state index contributed by atoms with van der Waals surface area (Å²) in [6.07, 6.45) is 4.90. The first-order valence-corrected chi connectivity index (χ1v) is 12.6. The molecule has 1 aliphatic rings. The van der Waals surface area contributed by atoms with Crippen molar-refractivity contribution < 1.29 is 19.4 Å². The van der Waals surface area contributed by atoms with Crippen LogP contribution in [0.15, 0.2) is 60.9 Å². The molecular weight excluding hydrogens is 468 g/mol. The molecule has 3 heterocycles. The first kappa shape index (κ1) is 25.0. The van der Waals surface area contributed by atoms with E-state index in [9.17, 15) is 9.59 Å². The molecular formula is C29H32N4O4. The van der Waals surface area contributed by atoms with Crippen molar-refractivity contribution >= 4 is 44.8 Å². The van der Waals surface area contributed by atoms with Gasteiger partial charge >= 0.3 is 0 Å². The van der Waals surface area contributed by atoms with E-state index in [1.54, 1.807) is 0 Å². The standard InChI is InChI=1S/C29H32N4O4/c1-31(2)12-7-13-32-18-22(20-8-3-5-10-24(20)32)26-27(29(36)30-28(26)35)23-19-33(14-16-37-17-15-34)25-11-6-4-9-21(23)25/h3-6,8-11,18-19,34H,7,12-17H2,1-2H3,(H,30,35,36). The minimum absolute atomic E-state index is 0.0288. The topological polar surface area (TPSA) is 88.7 Å². The number of hydrogen-bond donors (Lipinski definition) is 2. The molecule has 1 aliphatic heterocycles. The number of hydrogen-bond acceptors (Lipinski definition) is 5. The Morgan fingerprint density at radius 1 is 0.811 bits per heavy atom. The Kier molecular flexibility index (Phi) is 7.23. The second kappa shape index (κ2) is 10.7. The summed E-state index contributed by atoms with van der Waals surface area (Å²) in [5.41, 5.74) is 4.29. The quantitative estimate of drug-likeness (QED) is 0.244. The van der Waals surface area contributed by atoms with Crippen molar-refractivity contribution in [2.24, 2.45) is 0 Å². The highest BCUT2D eigenvalue weighted by atomic mass is 16.5. The number of nitrogens with one attached hydrogen (secondary N) is 1. The lowest BCUT2D eigenvalue weighted by Gasteiger charge is -2.10. The number of carbonyl (C=O) groups is 2. The number of aliphatic hydroxyl groups is 1. The maximum Gasteiger partial charge on any atom is 0.259 e. The van der Waals surface area contributed by atoms with Crippen LogP contribution >= 0.6 is 0 Å². The van der Waals surface area contributed by atoms with Crippen molar-refractivity contribution in [2.45, 2.75) is 19.5 Å². The third-order valence-corrected chi connectivity index (χ3v) is 6.76. The highest BCUT2D eigenvalue weighted by Crippen LogP contribution is 2.39. The second-order valence-electron chi connectivity index (χ2n) is 9.53. The summed E-state index contributed by atoms with van der Waals surface area (Å²) in [7, 11) is 4.11. The molecule has 2 aromatic heterocycles. The third kappa shape index (κ3) is 4.83. The molecule has 0 radical (unpaired) electrons. The summed E-state index contributed by atoms with van der Waals surface area (Å²) >= 11 is 0. The van der Waals surface area contributed by atoms with Crippen LogP contribution in [0.4, 0.5) is 0 Å². The number of fused-ring (bicyclic) bond motifs is 2. The number of aromatic nitrogens is 2. The second-order valence-corrected chi connectivity index (χ2v) is 9.53. The van der Waals surface area contributed by atoms with Crippen LogP contribution in [0.2, 0.25) is 0 Å². The Bertz CT molecular complexity index is 1490. The Hall–Kier alpha value is -3.72. The molecule has 0 saturated carbocycles. The van der Waals surface area contributed by atoms with E-state index in [4.69, 9.17) is 9.84 Å². The fourth-order valence-corrected chi connectivity index (χ4v) is 5.12. The lowest BCUT2D eigenvalue weighted by atomic mass is 9.95. The van der Waals surface area contributed by atoms with Crippen LogP contribution in [0.5, 0.6) is 0 Å². The number of aliphatic hydroxyl groups excluding tert-OH is 1. The number of ether oxygens (including phenoxy) is 1. The van der Waals surface area contributed by atoms with Crippen LogP contribution in [0.25, 0.3) is 33.0 Å². The average Bonchev–Trinajstić information content (AvgIpc) is 3.52. The van der Waals surface area contributed by atoms with Gasteiger partial charge in [0.25, 0.3) is 11.8 Å². The van der Waals surface area contributed by atoms with Crippen molar-refractivity contribution in [2.75, 3.05) is 40.5 Å². The summed E-state index contributed by atoms with van der Waals surface area (Å²) in [4.78, 5) is 28.7. The predicted octanol–water partition coefficient (Wildman–Crippen LogP) is 3.12. The van der Waals surface area contributed by atoms with Crippen LogP contribution < -0.4 is 5.32 Å². The first-order chi connectivity index (χ1) is 18.0. The molecule has 0 bridgehead atoms. The zero-order valence-corrected chi connectivity index (χ0v) is 21.2. The number of aryl methyl sites for hydroxylation is 1. The van der Waals surface area contributed by atoms with Crippen molar-refractivity contribution in [1.29, 1.82) is 0 Å². The first-order valence-electron chi connectivity index (χ1n) is 12.6. The zero-order chi connectivity index (χ0) is 25.9. The molecule has 0 aliphatic carbocycles. The van der Waals surface area contributed by atoms with E-state index < -0.39 is 0 Å². The largest absolute Gasteiger partial charge is 0.394 e. The molecule has 192 valence electrons. The molecule has 0 fully saturated rings. The smallest absolute Gasteiger partial charge is 0.259 e. The molecule has 4 aromatic rings. The predicted molar refractivity (Wildman–Crippen MR) is 145 cm³/mol. The average molecular weight is 501 g/mol. The van der Waals surface area contributed by atoms with Gasteiger partial charge in [0.2, 0.25) is 0 Å². The normalized spacial score (nSPS) is 14.1. The Balaban J connectivity index is 1.64. The van der Waals surface area contributed by atoms with Crippen LogP contribution in [0, 0.1) is 0 Å². The van der Waals surface area contributed by atoms with Gasteiger partial charge in [-0.25, -0.2) is 0 Å². The highest BCUT2D eigenvalue weighted by Gasteiger charge is 2.35. The van der Waals surface area contributed by atoms with Crippen LogP contribution in [-0.2, 0) is 27.4 Å². The van der Waals surface area contributed by atoms with E-state index in [1.807, 2.05) is 59.4 Å². The van der Waals surface area contributed by atoms with E-state index in [-0.39, 0.29) is 25.0 Å². The summed E-state index contributed by atoms with van der Waals surface area (Å²) < 4.78 is 9.69. The van der Waals surface area contributed by atoms with E-state index in [0.717, 1.165) is 52.4 Å². The molecule has 0 atom stereocenters. The lowest BCUT2D eigenvalue weighted by Crippen LogP contribution is -2.22. The van der Waals surface area contributed by atoms with Gasteiger partial charge < -0.3 is 23.9 Å². The van der Waals surface area contributed by atoms with E-state index in [0.29, 0.717) is 24.3 Å². The number of amides is 2. The number of carbonyl (C=O) groups excluding carboxylic acids is 2. The molecule has 8 heteroatoms. The molecule has 5 rings (SSSR count). The molecule has 37 heavy (non-hydrogen) atoms. The van der Waals surface area contributed by atoms with Gasteiger partial charge in [-0.1, -0.05) is 36.4 Å². The van der Waals surface area contributed by atoms with E-state index in [2.05, 4.69) is 34.9 Å². The summed E-state index contributed by atoms with van der Waals surface area (Å²) in [5, 5.41) is 13.4. The number of benzene rings is 2. The van der Waals surface area contributed by atoms with Gasteiger partial charge in [0.05, 0.1) is 31.0 Å². The minimum atomic E-state index is -0.385. The Labute approximate surface area is 215 Å². The maximum atomic E-state index is 13.3. The van der Waals surface area contributed by atoms with Crippen molar-refractivity contribution in [1.82, 2.24) is 19.4 Å². The molecule has 0 saturated heterocycles. The molecule has 0 spiro atoms. The van der Waals surface area contributed by atoms with Crippen LogP contribution in [0.1, 0.15) is 17.5 Å². The van der Waals surface area contributed by atoms with Gasteiger partial charge in [-0.3, -0.25) is 14.9 Å². The number of imide groups is 1. The molecule has 8 nitrogen and oxygen atoms in total. The minimum Gasteiger partial charge on any atom is -0.394 e. The highest BCUT2D eigenvalue weighted by molar-refractivity contribution is 6.50. The third-order valence-electron chi connectivity index (χ3n) is 6.76. The molecule has 2 N–H and O–H groups in total. The van der Waals surface area contributed by atoms with E-state index in [1.165, 1.54) is 0 Å². The number of nitrogens with zero attached hydrogens (tertiary/aromatic N) is 3. The van der Waals surface area contributed by atoms with Gasteiger partial charge in [0, 0.05) is 58.4 Å². The van der Waals surface area contributed by atoms with Gasteiger partial charge in [-0.15, -0.1) is 0 Å². The van der Waals surface area contributed by atoms with E-state index >= 15 is 0 Å². The number of rotatable bonds is 11. The lowest BCUT2D eigenvalue weighted by molar-refractivity contribution is -0.122. The van der Waals surface area contributed by atoms with Gasteiger partial charge in [0.1, 0.15) is 0 Å². The fraction of sp³-hybridized carbons (Fsp3) is 0.310. The van der Waals surface area contributed by atoms with Gasteiger partial charge in [0.15, 0.2) is 0 Å². The van der Waals surface area contributed by atoms with Crippen molar-refractivity contribution in [3.05, 3.63) is 72.1 Å². The maximum absolute atomic E-state index is 13.3. The van der Waals surface area contributed by atoms with Gasteiger partial charge in [-0.05, 0) is 39.2 Å². The number of para-hydroxylation sites is 2. The molecule has 2 aromatic carbocycles. The monoisotopic (exact) mass is 500 g/mol. The SMILES string of the molecule is CN(C)CCCn1cc(C2=C(c3cn(CCOCCO)c4ccccc34)C(=O)NC2=O)c2ccccc21. The van der Waals surface area contributed by atoms with Crippen molar-refractivity contribution in [3.63, 3.8) is 0 Å². The summed E-state index contributed by atoms with van der Waals surface area (Å²) in [6, 6.07) is 15.9. The fourth-order valence-electron chi connectivity index (χ4n) is 5.12. The Morgan fingerprint density at radius 2 is 1.35 bits per heavy atom. The van der Waals surface area contributed by atoms with Crippen LogP contribution in [-0.4, -0.2) is 71.4 Å². The van der Waals surface area contributed by atoms with Crippen molar-refractivity contribution in [3.8, 4) is 0 Å². The summed E-state index contributed by atoms with van der Waals surface area (Å²) in [5.74, 6) is -0.761. The summed E-state index contributed by atoms with van der Waals surface area (Å²) in [6.45, 7) is 3.00.